The van der Waals surface area contributed by atoms with Crippen molar-refractivity contribution in [2.24, 2.45) is 0 Å². The molecule has 1 atom stereocenters. The summed E-state index contributed by atoms with van der Waals surface area (Å²) < 4.78 is 0. The number of aliphatic hydroxyl groups is 1. The number of unbranched alkanes of at least 4 members (excludes halogenated alkanes) is 1. The zero-order valence-corrected chi connectivity index (χ0v) is 14.4. The molecule has 0 spiro atoms. The summed E-state index contributed by atoms with van der Waals surface area (Å²) in [6.07, 6.45) is 2.08. The molecule has 0 aromatic heterocycles. The van der Waals surface area contributed by atoms with Gasteiger partial charge in [0, 0.05) is 13.1 Å². The summed E-state index contributed by atoms with van der Waals surface area (Å²) >= 11 is 0. The zero-order chi connectivity index (χ0) is 16.8. The quantitative estimate of drug-likeness (QED) is 0.815. The molecule has 1 N–H and O–H groups in total. The smallest absolute Gasteiger partial charge is 0.254 e. The number of rotatable bonds is 7. The molecule has 0 aliphatic rings. The number of aliphatic hydroxyl groups excluding tert-OH is 1. The van der Waals surface area contributed by atoms with Gasteiger partial charge in [-0.1, -0.05) is 56.2 Å². The van der Waals surface area contributed by atoms with Crippen molar-refractivity contribution in [3.05, 3.63) is 47.5 Å². The largest absolute Gasteiger partial charge is 0.388 e. The van der Waals surface area contributed by atoms with Crippen molar-refractivity contribution in [3.8, 4) is 0 Å². The minimum atomic E-state index is -0.589. The second-order valence-electron chi connectivity index (χ2n) is 5.89. The second kappa shape index (κ2) is 8.11. The first-order chi connectivity index (χ1) is 11.1. The molecule has 0 aliphatic heterocycles. The summed E-state index contributed by atoms with van der Waals surface area (Å²) in [6, 6.07) is 11.8. The van der Waals surface area contributed by atoms with Crippen LogP contribution >= 0.6 is 0 Å². The van der Waals surface area contributed by atoms with E-state index in [4.69, 9.17) is 0 Å². The van der Waals surface area contributed by atoms with Crippen LogP contribution in [0.25, 0.3) is 10.8 Å². The SMILES string of the molecule is CCCCC(O)c1ccc2ccccc2c1C(=O)N(CC)CC. The van der Waals surface area contributed by atoms with Gasteiger partial charge in [-0.15, -0.1) is 0 Å². The van der Waals surface area contributed by atoms with Crippen molar-refractivity contribution in [2.75, 3.05) is 13.1 Å². The molecular weight excluding hydrogens is 286 g/mol. The van der Waals surface area contributed by atoms with Gasteiger partial charge in [-0.3, -0.25) is 4.79 Å². The highest BCUT2D eigenvalue weighted by atomic mass is 16.3. The molecule has 0 radical (unpaired) electrons. The van der Waals surface area contributed by atoms with Crippen molar-refractivity contribution in [2.45, 2.75) is 46.1 Å². The Kier molecular flexibility index (Phi) is 6.17. The van der Waals surface area contributed by atoms with Crippen LogP contribution < -0.4 is 0 Å². The first kappa shape index (κ1) is 17.5. The van der Waals surface area contributed by atoms with Crippen LogP contribution in [0.1, 0.15) is 62.1 Å². The predicted octanol–water partition coefficient (Wildman–Crippen LogP) is 4.55. The number of benzene rings is 2. The minimum Gasteiger partial charge on any atom is -0.388 e. The van der Waals surface area contributed by atoms with Crippen molar-refractivity contribution in [3.63, 3.8) is 0 Å². The third-order valence-electron chi connectivity index (χ3n) is 4.42. The van der Waals surface area contributed by atoms with Crippen LogP contribution in [0.5, 0.6) is 0 Å². The molecule has 0 saturated heterocycles. The average Bonchev–Trinajstić information content (AvgIpc) is 2.59. The van der Waals surface area contributed by atoms with E-state index in [1.165, 1.54) is 0 Å². The molecular formula is C20H27NO2. The standard InChI is InChI=1S/C20H27NO2/c1-4-7-12-18(22)17-14-13-15-10-8-9-11-16(15)19(17)20(23)21(5-2)6-3/h8-11,13-14,18,22H,4-7,12H2,1-3H3. The van der Waals surface area contributed by atoms with Gasteiger partial charge in [0.05, 0.1) is 11.7 Å². The Morgan fingerprint density at radius 1 is 1.09 bits per heavy atom. The van der Waals surface area contributed by atoms with E-state index in [1.54, 1.807) is 0 Å². The third-order valence-corrected chi connectivity index (χ3v) is 4.42. The number of hydrogen-bond acceptors (Lipinski definition) is 2. The summed E-state index contributed by atoms with van der Waals surface area (Å²) in [4.78, 5) is 14.9. The highest BCUT2D eigenvalue weighted by Gasteiger charge is 2.23. The lowest BCUT2D eigenvalue weighted by molar-refractivity contribution is 0.0766. The average molecular weight is 313 g/mol. The molecule has 124 valence electrons. The molecule has 0 saturated carbocycles. The monoisotopic (exact) mass is 313 g/mol. The molecule has 0 heterocycles. The van der Waals surface area contributed by atoms with E-state index in [-0.39, 0.29) is 5.91 Å². The lowest BCUT2D eigenvalue weighted by Gasteiger charge is -2.23. The molecule has 1 unspecified atom stereocenters. The molecule has 2 rings (SSSR count). The third kappa shape index (κ3) is 3.73. The van der Waals surface area contributed by atoms with Crippen molar-refractivity contribution in [1.29, 1.82) is 0 Å². The van der Waals surface area contributed by atoms with Crippen LogP contribution in [0.3, 0.4) is 0 Å². The van der Waals surface area contributed by atoms with Gasteiger partial charge in [-0.05, 0) is 36.6 Å². The van der Waals surface area contributed by atoms with E-state index < -0.39 is 6.10 Å². The zero-order valence-electron chi connectivity index (χ0n) is 14.4. The summed E-state index contributed by atoms with van der Waals surface area (Å²) in [5, 5.41) is 12.6. The number of amides is 1. The first-order valence-electron chi connectivity index (χ1n) is 8.62. The Morgan fingerprint density at radius 2 is 1.78 bits per heavy atom. The second-order valence-corrected chi connectivity index (χ2v) is 5.89. The Labute approximate surface area is 138 Å². The van der Waals surface area contributed by atoms with Gasteiger partial charge in [0.15, 0.2) is 0 Å². The Hall–Kier alpha value is -1.87. The van der Waals surface area contributed by atoms with Crippen LogP contribution in [-0.2, 0) is 0 Å². The molecule has 2 aromatic carbocycles. The summed E-state index contributed by atoms with van der Waals surface area (Å²) in [7, 11) is 0. The Morgan fingerprint density at radius 3 is 2.43 bits per heavy atom. The lowest BCUT2D eigenvalue weighted by atomic mass is 9.92. The van der Waals surface area contributed by atoms with Crippen LogP contribution in [0.2, 0.25) is 0 Å². The van der Waals surface area contributed by atoms with Gasteiger partial charge in [0.25, 0.3) is 5.91 Å². The fourth-order valence-corrected chi connectivity index (χ4v) is 3.03. The maximum Gasteiger partial charge on any atom is 0.254 e. The number of nitrogens with zero attached hydrogens (tertiary/aromatic N) is 1. The van der Waals surface area contributed by atoms with Crippen LogP contribution in [-0.4, -0.2) is 29.0 Å². The molecule has 3 heteroatoms. The van der Waals surface area contributed by atoms with Crippen molar-refractivity contribution >= 4 is 16.7 Å². The number of hydrogen-bond donors (Lipinski definition) is 1. The van der Waals surface area contributed by atoms with Gasteiger partial charge >= 0.3 is 0 Å². The minimum absolute atomic E-state index is 0.0114. The molecule has 2 aromatic rings. The van der Waals surface area contributed by atoms with Crippen molar-refractivity contribution < 1.29 is 9.90 Å². The van der Waals surface area contributed by atoms with Crippen molar-refractivity contribution in [1.82, 2.24) is 4.90 Å². The van der Waals surface area contributed by atoms with E-state index in [0.29, 0.717) is 25.1 Å². The summed E-state index contributed by atoms with van der Waals surface area (Å²) in [5.41, 5.74) is 1.42. The van der Waals surface area contributed by atoms with E-state index in [0.717, 1.165) is 29.2 Å². The van der Waals surface area contributed by atoms with E-state index in [9.17, 15) is 9.90 Å². The molecule has 3 nitrogen and oxygen atoms in total. The van der Waals surface area contributed by atoms with Gasteiger partial charge in [0.1, 0.15) is 0 Å². The first-order valence-corrected chi connectivity index (χ1v) is 8.62. The normalized spacial score (nSPS) is 12.3. The Balaban J connectivity index is 2.58. The van der Waals surface area contributed by atoms with E-state index >= 15 is 0 Å². The van der Waals surface area contributed by atoms with Gasteiger partial charge in [-0.25, -0.2) is 0 Å². The topological polar surface area (TPSA) is 40.5 Å². The lowest BCUT2D eigenvalue weighted by Crippen LogP contribution is -2.31. The summed E-state index contributed by atoms with van der Waals surface area (Å²) in [5.74, 6) is 0.0114. The molecule has 0 bridgehead atoms. The number of carbonyl (C=O) groups excluding carboxylic acids is 1. The molecule has 1 amide bonds. The molecule has 0 fully saturated rings. The maximum atomic E-state index is 13.0. The molecule has 0 aliphatic carbocycles. The van der Waals surface area contributed by atoms with Crippen LogP contribution in [0, 0.1) is 0 Å². The van der Waals surface area contributed by atoms with E-state index in [2.05, 4.69) is 6.92 Å². The maximum absolute atomic E-state index is 13.0. The predicted molar refractivity (Wildman–Crippen MR) is 95.7 cm³/mol. The Bertz CT molecular complexity index is 662. The van der Waals surface area contributed by atoms with E-state index in [1.807, 2.05) is 55.1 Å². The fourth-order valence-electron chi connectivity index (χ4n) is 3.03. The van der Waals surface area contributed by atoms with Crippen LogP contribution in [0.15, 0.2) is 36.4 Å². The van der Waals surface area contributed by atoms with Gasteiger partial charge in [0.2, 0.25) is 0 Å². The van der Waals surface area contributed by atoms with Crippen LogP contribution in [0.4, 0.5) is 0 Å². The highest BCUT2D eigenvalue weighted by molar-refractivity contribution is 6.08. The fraction of sp³-hybridized carbons (Fsp3) is 0.450. The number of carbonyl (C=O) groups is 1. The summed E-state index contributed by atoms with van der Waals surface area (Å²) in [6.45, 7) is 7.42. The number of fused-ring (bicyclic) bond motifs is 1. The van der Waals surface area contributed by atoms with Gasteiger partial charge < -0.3 is 10.0 Å². The highest BCUT2D eigenvalue weighted by Crippen LogP contribution is 2.30. The van der Waals surface area contributed by atoms with Gasteiger partial charge in [-0.2, -0.15) is 0 Å². The molecule has 23 heavy (non-hydrogen) atoms.